The highest BCUT2D eigenvalue weighted by Crippen LogP contribution is 2.22. The molecule has 1 fully saturated rings. The molecule has 0 radical (unpaired) electrons. The minimum Gasteiger partial charge on any atom is -0.444 e. The van der Waals surface area contributed by atoms with E-state index >= 15 is 0 Å². The molecule has 2 amide bonds. The third-order valence-electron chi connectivity index (χ3n) is 4.25. The largest absolute Gasteiger partial charge is 0.444 e. The molecule has 0 spiro atoms. The quantitative estimate of drug-likeness (QED) is 0.377. The number of rotatable bonds is 7. The van der Waals surface area contributed by atoms with E-state index in [4.69, 9.17) is 14.9 Å². The predicted molar refractivity (Wildman–Crippen MR) is 111 cm³/mol. The number of carbonyl (C=O) groups is 2. The Morgan fingerprint density at radius 3 is 2.52 bits per heavy atom. The summed E-state index contributed by atoms with van der Waals surface area (Å²) < 4.78 is 37.0. The first-order chi connectivity index (χ1) is 14.7. The standard InChI is InChI=1S/C20H21N3O7S/c1-31(26,27)29-13-17-11-23(20(25)30-17)16-9-7-15(8-10-16)18(21)22-19(24)28-12-14-5-3-2-4-6-14/h2-10,17H,11-13H2,1H3,(H2,21,22,24)/t17-/m1/s1. The average molecular weight is 447 g/mol. The molecule has 2 aromatic rings. The number of nitrogens with one attached hydrogen (secondary N) is 2. The molecule has 11 heteroatoms. The first-order valence-corrected chi connectivity index (χ1v) is 11.0. The van der Waals surface area contributed by atoms with E-state index in [1.165, 1.54) is 4.90 Å². The number of amides is 2. The van der Waals surface area contributed by atoms with E-state index in [2.05, 4.69) is 9.50 Å². The van der Waals surface area contributed by atoms with Gasteiger partial charge in [0, 0.05) is 11.3 Å². The smallest absolute Gasteiger partial charge is 0.414 e. The number of alkyl carbamates (subject to hydrolysis) is 1. The van der Waals surface area contributed by atoms with Gasteiger partial charge < -0.3 is 9.47 Å². The molecule has 164 valence electrons. The third kappa shape index (κ3) is 6.52. The maximum Gasteiger partial charge on any atom is 0.414 e. The zero-order valence-corrected chi connectivity index (χ0v) is 17.4. The molecule has 0 bridgehead atoms. The molecular weight excluding hydrogens is 426 g/mol. The van der Waals surface area contributed by atoms with E-state index in [9.17, 15) is 18.0 Å². The number of cyclic esters (lactones) is 1. The fourth-order valence-corrected chi connectivity index (χ4v) is 3.16. The van der Waals surface area contributed by atoms with E-state index in [1.54, 1.807) is 24.3 Å². The highest BCUT2D eigenvalue weighted by atomic mass is 32.2. The van der Waals surface area contributed by atoms with E-state index in [0.717, 1.165) is 11.8 Å². The number of carbonyl (C=O) groups excluding carboxylic acids is 2. The van der Waals surface area contributed by atoms with Crippen molar-refractivity contribution in [3.63, 3.8) is 0 Å². The Labute approximate surface area is 179 Å². The van der Waals surface area contributed by atoms with Crippen LogP contribution >= 0.6 is 0 Å². The third-order valence-corrected chi connectivity index (χ3v) is 4.81. The summed E-state index contributed by atoms with van der Waals surface area (Å²) in [5, 5.41) is 10.4. The summed E-state index contributed by atoms with van der Waals surface area (Å²) in [4.78, 5) is 25.3. The molecule has 2 aromatic carbocycles. The van der Waals surface area contributed by atoms with Crippen molar-refractivity contribution < 1.29 is 31.7 Å². The lowest BCUT2D eigenvalue weighted by atomic mass is 10.1. The van der Waals surface area contributed by atoms with Gasteiger partial charge in [0.05, 0.1) is 12.8 Å². The van der Waals surface area contributed by atoms with Crippen LogP contribution in [0, 0.1) is 5.41 Å². The van der Waals surface area contributed by atoms with E-state index in [-0.39, 0.29) is 25.6 Å². The maximum absolute atomic E-state index is 12.0. The SMILES string of the molecule is CS(=O)(=O)OC[C@H]1CN(c2ccc(C(=N)NC(=O)OCc3ccccc3)cc2)C(=O)O1. The van der Waals surface area contributed by atoms with Crippen LogP contribution in [0.25, 0.3) is 0 Å². The van der Waals surface area contributed by atoms with Gasteiger partial charge in [-0.25, -0.2) is 9.59 Å². The zero-order chi connectivity index (χ0) is 22.4. The number of ether oxygens (including phenoxy) is 2. The lowest BCUT2D eigenvalue weighted by Gasteiger charge is -2.14. The lowest BCUT2D eigenvalue weighted by Crippen LogP contribution is -2.31. The van der Waals surface area contributed by atoms with Crippen LogP contribution < -0.4 is 10.2 Å². The van der Waals surface area contributed by atoms with Crippen molar-refractivity contribution in [1.82, 2.24) is 5.32 Å². The van der Waals surface area contributed by atoms with E-state index in [1.807, 2.05) is 30.3 Å². The van der Waals surface area contributed by atoms with Gasteiger partial charge in [-0.2, -0.15) is 8.42 Å². The van der Waals surface area contributed by atoms with Gasteiger partial charge in [0.1, 0.15) is 25.2 Å². The maximum atomic E-state index is 12.0. The zero-order valence-electron chi connectivity index (χ0n) is 16.6. The highest BCUT2D eigenvalue weighted by Gasteiger charge is 2.33. The summed E-state index contributed by atoms with van der Waals surface area (Å²) in [7, 11) is -3.63. The van der Waals surface area contributed by atoms with Crippen LogP contribution in [0.5, 0.6) is 0 Å². The Hall–Kier alpha value is -3.44. The van der Waals surface area contributed by atoms with Crippen molar-refractivity contribution in [3.05, 3.63) is 65.7 Å². The van der Waals surface area contributed by atoms with Gasteiger partial charge in [-0.15, -0.1) is 0 Å². The number of benzene rings is 2. The van der Waals surface area contributed by atoms with Crippen molar-refractivity contribution in [2.45, 2.75) is 12.7 Å². The molecule has 1 aliphatic heterocycles. The Kier molecular flexibility index (Phi) is 6.88. The molecular formula is C20H21N3O7S. The summed E-state index contributed by atoms with van der Waals surface area (Å²) in [6.07, 6.45) is -1.19. The second-order valence-corrected chi connectivity index (χ2v) is 8.36. The highest BCUT2D eigenvalue weighted by molar-refractivity contribution is 7.85. The van der Waals surface area contributed by atoms with Gasteiger partial charge in [0.25, 0.3) is 10.1 Å². The van der Waals surface area contributed by atoms with Crippen LogP contribution in [-0.4, -0.2) is 52.0 Å². The minimum absolute atomic E-state index is 0.0835. The lowest BCUT2D eigenvalue weighted by molar-refractivity contribution is 0.107. The number of hydrogen-bond acceptors (Lipinski definition) is 8. The van der Waals surface area contributed by atoms with Crippen LogP contribution in [0.3, 0.4) is 0 Å². The van der Waals surface area contributed by atoms with E-state index < -0.39 is 28.4 Å². The molecule has 3 rings (SSSR count). The van der Waals surface area contributed by atoms with Crippen LogP contribution in [-0.2, 0) is 30.4 Å². The van der Waals surface area contributed by atoms with Gasteiger partial charge >= 0.3 is 12.2 Å². The fraction of sp³-hybridized carbons (Fsp3) is 0.250. The van der Waals surface area contributed by atoms with Crippen molar-refractivity contribution >= 4 is 33.8 Å². The minimum atomic E-state index is -3.63. The van der Waals surface area contributed by atoms with Gasteiger partial charge in [0.2, 0.25) is 0 Å². The Morgan fingerprint density at radius 2 is 1.87 bits per heavy atom. The summed E-state index contributed by atoms with van der Waals surface area (Å²) >= 11 is 0. The van der Waals surface area contributed by atoms with Gasteiger partial charge in [0.15, 0.2) is 0 Å². The summed E-state index contributed by atoms with van der Waals surface area (Å²) in [6, 6.07) is 15.4. The second-order valence-electron chi connectivity index (χ2n) is 6.71. The molecule has 1 heterocycles. The summed E-state index contributed by atoms with van der Waals surface area (Å²) in [6.45, 7) is -0.0613. The molecule has 1 aliphatic rings. The van der Waals surface area contributed by atoms with E-state index in [0.29, 0.717) is 11.3 Å². The molecule has 2 N–H and O–H groups in total. The van der Waals surface area contributed by atoms with Crippen LogP contribution in [0.1, 0.15) is 11.1 Å². The number of amidine groups is 1. The molecule has 10 nitrogen and oxygen atoms in total. The molecule has 0 unspecified atom stereocenters. The fourth-order valence-electron chi connectivity index (χ4n) is 2.76. The van der Waals surface area contributed by atoms with Crippen molar-refractivity contribution in [2.75, 3.05) is 24.3 Å². The normalized spacial score (nSPS) is 16.0. The van der Waals surface area contributed by atoms with Crippen molar-refractivity contribution in [1.29, 1.82) is 5.41 Å². The number of hydrogen-bond donors (Lipinski definition) is 2. The molecule has 1 saturated heterocycles. The van der Waals surface area contributed by atoms with Gasteiger partial charge in [-0.05, 0) is 29.8 Å². The average Bonchev–Trinajstić information content (AvgIpc) is 3.12. The van der Waals surface area contributed by atoms with Crippen molar-refractivity contribution in [2.24, 2.45) is 0 Å². The monoisotopic (exact) mass is 447 g/mol. The Bertz CT molecular complexity index is 1060. The van der Waals surface area contributed by atoms with Crippen LogP contribution in [0.15, 0.2) is 54.6 Å². The molecule has 0 aliphatic carbocycles. The summed E-state index contributed by atoms with van der Waals surface area (Å²) in [5.41, 5.74) is 1.73. The van der Waals surface area contributed by atoms with Crippen LogP contribution in [0.2, 0.25) is 0 Å². The number of nitrogens with zero attached hydrogens (tertiary/aromatic N) is 1. The molecule has 31 heavy (non-hydrogen) atoms. The predicted octanol–water partition coefficient (Wildman–Crippen LogP) is 2.24. The summed E-state index contributed by atoms with van der Waals surface area (Å²) in [5.74, 6) is -0.159. The Balaban J connectivity index is 1.52. The van der Waals surface area contributed by atoms with Crippen LogP contribution in [0.4, 0.5) is 15.3 Å². The second kappa shape index (κ2) is 9.58. The molecule has 0 saturated carbocycles. The molecule has 1 atom stereocenters. The van der Waals surface area contributed by atoms with Gasteiger partial charge in [-0.3, -0.25) is 19.8 Å². The first kappa shape index (κ1) is 22.2. The van der Waals surface area contributed by atoms with Gasteiger partial charge in [-0.1, -0.05) is 30.3 Å². The van der Waals surface area contributed by atoms with Crippen molar-refractivity contribution in [3.8, 4) is 0 Å². The number of anilines is 1. The first-order valence-electron chi connectivity index (χ1n) is 9.20. The Morgan fingerprint density at radius 1 is 1.19 bits per heavy atom. The molecule has 0 aromatic heterocycles. The topological polar surface area (TPSA) is 135 Å².